The minimum Gasteiger partial charge on any atom is -0.490 e. The van der Waals surface area contributed by atoms with E-state index in [-0.39, 0.29) is 92.0 Å². The molecule has 2 saturated heterocycles. The fraction of sp³-hybridized carbons (Fsp3) is 0.467. The lowest BCUT2D eigenvalue weighted by atomic mass is 9.92. The highest BCUT2D eigenvalue weighted by Gasteiger charge is 2.37. The second-order valence-corrected chi connectivity index (χ2v) is 25.6. The van der Waals surface area contributed by atoms with Gasteiger partial charge in [0.15, 0.2) is 0 Å². The van der Waals surface area contributed by atoms with Crippen LogP contribution in [0.5, 0.6) is 5.75 Å². The standard InChI is InChI=1S/C38H49ClN7O11P.C12H12N2OS.C10H19NO2/c1-22(42-37(52)31-17-26-15-25(9-11-30(26)44-31)38(53)58(54,55)56)18-45(23(2)48)14-13-29-16-27(19-46(29)21-47)36(51)43-28(10-12-34(41)50)20-57-32-7-3-5-24(35(32)39)6-4-8-33(40)49;1-9-12(16-8-14-9)11-4-2-10(3-5-11)6-13-7-15;1-10(2,3)6-9(13)11-5-4-8(12)7-11/h3,5,7,9,11,15,17,21-22,27-29,44H,4,6,8,10,12-14,16,18-20H2,1-2H3,(H2,40,49)(H2,41,50)(H,42,52)(H,43,51)(H2,54,55,56);2-5,7-8H,6H2,1H3,(H,13,15);8,12H,4-7H2,1-3H3. The molecule has 27 heteroatoms. The van der Waals surface area contributed by atoms with Gasteiger partial charge in [0.2, 0.25) is 42.4 Å². The lowest BCUT2D eigenvalue weighted by Crippen LogP contribution is -2.45. The number of nitrogens with zero attached hydrogens (tertiary/aromatic N) is 4. The molecule has 24 nitrogen and oxygen atoms in total. The van der Waals surface area contributed by atoms with E-state index < -0.39 is 48.8 Å². The maximum absolute atomic E-state index is 13.5. The number of hydrogen-bond acceptors (Lipinski definition) is 14. The Balaban J connectivity index is 0.000000382. The number of rotatable bonds is 27. The van der Waals surface area contributed by atoms with Crippen LogP contribution >= 0.6 is 30.5 Å². The van der Waals surface area contributed by atoms with Gasteiger partial charge in [-0.25, -0.2) is 4.98 Å². The molecule has 5 unspecified atom stereocenters. The Morgan fingerprint density at radius 1 is 0.989 bits per heavy atom. The number of nitrogens with one attached hydrogen (secondary N) is 4. The molecular weight excluding hydrogens is 1180 g/mol. The predicted molar refractivity (Wildman–Crippen MR) is 329 cm³/mol. The van der Waals surface area contributed by atoms with Gasteiger partial charge in [0, 0.05) is 94.0 Å². The van der Waals surface area contributed by atoms with E-state index in [0.717, 1.165) is 29.8 Å². The topological polar surface area (TPSA) is 367 Å². The minimum atomic E-state index is -4.99. The number of halogens is 1. The van der Waals surface area contributed by atoms with Gasteiger partial charge >= 0.3 is 7.60 Å². The van der Waals surface area contributed by atoms with Crippen LogP contribution in [0, 0.1) is 18.3 Å². The highest BCUT2D eigenvalue weighted by molar-refractivity contribution is 7.70. The van der Waals surface area contributed by atoms with Gasteiger partial charge in [0.05, 0.1) is 39.2 Å². The van der Waals surface area contributed by atoms with Gasteiger partial charge in [-0.3, -0.25) is 47.7 Å². The first-order valence-corrected chi connectivity index (χ1v) is 31.3. The lowest BCUT2D eigenvalue weighted by Gasteiger charge is -2.28. The third-order valence-electron chi connectivity index (χ3n) is 14.4. The highest BCUT2D eigenvalue weighted by Crippen LogP contribution is 2.39. The smallest absolute Gasteiger partial charge is 0.396 e. The number of carbonyl (C=O) groups excluding carboxylic acids is 9. The first-order valence-electron chi connectivity index (χ1n) is 28.5. The number of aromatic nitrogens is 2. The Bertz CT molecular complexity index is 3260. The van der Waals surface area contributed by atoms with Crippen LogP contribution in [0.15, 0.2) is 72.2 Å². The fourth-order valence-corrected chi connectivity index (χ4v) is 11.4. The molecule has 5 atom stereocenters. The van der Waals surface area contributed by atoms with Crippen molar-refractivity contribution in [2.75, 3.05) is 39.3 Å². The number of primary amides is 2. The second-order valence-electron chi connectivity index (χ2n) is 22.9. The zero-order valence-corrected chi connectivity index (χ0v) is 52.3. The Morgan fingerprint density at radius 3 is 2.30 bits per heavy atom. The molecule has 2 aliphatic heterocycles. The van der Waals surface area contributed by atoms with E-state index in [4.69, 9.17) is 27.8 Å². The Kier molecular flexibility index (Phi) is 26.6. The normalized spacial score (nSPS) is 16.3. The van der Waals surface area contributed by atoms with Crippen LogP contribution in [-0.2, 0) is 51.1 Å². The summed E-state index contributed by atoms with van der Waals surface area (Å²) in [5.41, 5.74) is 15.7. The van der Waals surface area contributed by atoms with Gasteiger partial charge in [-0.1, -0.05) is 68.8 Å². The molecule has 472 valence electrons. The van der Waals surface area contributed by atoms with Crippen molar-refractivity contribution >= 4 is 95.2 Å². The number of carbonyl (C=O) groups is 9. The summed E-state index contributed by atoms with van der Waals surface area (Å²) in [6, 6.07) is 17.3. The van der Waals surface area contributed by atoms with E-state index >= 15 is 0 Å². The van der Waals surface area contributed by atoms with Crippen molar-refractivity contribution in [1.29, 1.82) is 0 Å². The van der Waals surface area contributed by atoms with Gasteiger partial charge < -0.3 is 66.7 Å². The molecule has 87 heavy (non-hydrogen) atoms. The van der Waals surface area contributed by atoms with Crippen LogP contribution in [0.25, 0.3) is 21.3 Å². The molecule has 0 spiro atoms. The molecule has 3 aromatic carbocycles. The van der Waals surface area contributed by atoms with Crippen molar-refractivity contribution in [3.63, 3.8) is 0 Å². The molecule has 7 rings (SSSR count). The van der Waals surface area contributed by atoms with Crippen LogP contribution in [0.2, 0.25) is 5.02 Å². The summed E-state index contributed by atoms with van der Waals surface area (Å²) in [5, 5.41) is 18.4. The van der Waals surface area contributed by atoms with Gasteiger partial charge in [-0.15, -0.1) is 11.3 Å². The highest BCUT2D eigenvalue weighted by atomic mass is 35.5. The van der Waals surface area contributed by atoms with Crippen LogP contribution in [0.3, 0.4) is 0 Å². The molecule has 0 aliphatic carbocycles. The summed E-state index contributed by atoms with van der Waals surface area (Å²) < 4.78 is 17.4. The number of amides is 8. The third-order valence-corrected chi connectivity index (χ3v) is 16.6. The van der Waals surface area contributed by atoms with E-state index in [0.29, 0.717) is 79.7 Å². The largest absolute Gasteiger partial charge is 0.490 e. The number of aromatic amines is 1. The monoisotopic (exact) mass is 1260 g/mol. The van der Waals surface area contributed by atoms with Crippen LogP contribution in [-0.4, -0.2) is 157 Å². The summed E-state index contributed by atoms with van der Waals surface area (Å²) >= 11 is 8.21. The summed E-state index contributed by atoms with van der Waals surface area (Å²) in [4.78, 5) is 139. The summed E-state index contributed by atoms with van der Waals surface area (Å²) in [5.74, 6) is -2.16. The maximum atomic E-state index is 13.5. The Labute approximate surface area is 514 Å². The number of fused-ring (bicyclic) bond motifs is 1. The number of aliphatic hydroxyl groups excluding tert-OH is 1. The average Bonchev–Trinajstić information content (AvgIpc) is 2.27. The average molecular weight is 1260 g/mol. The number of nitrogens with two attached hydrogens (primary N) is 2. The number of hydrogen-bond donors (Lipinski definition) is 9. The van der Waals surface area contributed by atoms with E-state index in [9.17, 15) is 62.6 Å². The quantitative estimate of drug-likeness (QED) is 0.0236. The molecule has 4 heterocycles. The van der Waals surface area contributed by atoms with Crippen molar-refractivity contribution in [3.8, 4) is 16.2 Å². The molecule has 11 N–H and O–H groups in total. The third kappa shape index (κ3) is 22.6. The van der Waals surface area contributed by atoms with Crippen molar-refractivity contribution in [2.45, 2.75) is 130 Å². The number of β-amino-alcohol motifs (C(OH)–C–C–N with tert-alkyl or cyclic N) is 1. The van der Waals surface area contributed by atoms with E-state index in [1.54, 1.807) is 35.3 Å². The SMILES string of the molecule is CC(=O)N(CCC1CC(C(=O)NC(CCC(N)=O)COc2cccc(CCCC(N)=O)c2Cl)CN1C=O)CC(C)NC(=O)c1cc2cc(C(=O)P(=O)(O)O)ccc2[nH]1.CC(C)(C)CC(=O)N1CCC(O)C1.Cc1ncsc1-c1ccc(CNC=O)cc1. The molecule has 2 aliphatic rings. The van der Waals surface area contributed by atoms with Crippen molar-refractivity contribution in [2.24, 2.45) is 22.8 Å². The van der Waals surface area contributed by atoms with E-state index in [1.165, 1.54) is 51.4 Å². The predicted octanol–water partition coefficient (Wildman–Crippen LogP) is 5.36. The first kappa shape index (κ1) is 70.2. The van der Waals surface area contributed by atoms with Crippen molar-refractivity contribution in [3.05, 3.63) is 105 Å². The Morgan fingerprint density at radius 2 is 1.70 bits per heavy atom. The summed E-state index contributed by atoms with van der Waals surface area (Å²) in [6.07, 6.45) is 4.42. The number of likely N-dealkylation sites (tertiary alicyclic amines) is 2. The molecule has 2 aromatic heterocycles. The lowest BCUT2D eigenvalue weighted by molar-refractivity contribution is -0.132. The van der Waals surface area contributed by atoms with Gasteiger partial charge in [0.1, 0.15) is 18.1 Å². The number of thiazole rings is 1. The molecule has 0 bridgehead atoms. The number of aliphatic hydroxyl groups is 1. The van der Waals surface area contributed by atoms with E-state index in [1.807, 2.05) is 30.6 Å². The molecule has 5 aromatic rings. The van der Waals surface area contributed by atoms with Crippen molar-refractivity contribution < 1.29 is 67.3 Å². The minimum absolute atomic E-state index is 0.0186. The number of H-pyrrole nitrogens is 1. The summed E-state index contributed by atoms with van der Waals surface area (Å²) in [7, 11) is -4.99. The fourth-order valence-electron chi connectivity index (χ4n) is 9.84. The summed E-state index contributed by atoms with van der Waals surface area (Å²) in [6.45, 7) is 13.5. The van der Waals surface area contributed by atoms with Gasteiger partial charge in [-0.05, 0) is 105 Å². The van der Waals surface area contributed by atoms with Crippen LogP contribution in [0.1, 0.15) is 124 Å². The molecule has 0 saturated carbocycles. The first-order chi connectivity index (χ1) is 41.0. The van der Waals surface area contributed by atoms with E-state index in [2.05, 4.69) is 58.8 Å². The second kappa shape index (κ2) is 33.0. The molecule has 2 fully saturated rings. The zero-order valence-electron chi connectivity index (χ0n) is 49.8. The Hall–Kier alpha value is -7.54. The van der Waals surface area contributed by atoms with Crippen LogP contribution < -0.4 is 32.2 Å². The van der Waals surface area contributed by atoms with Gasteiger partial charge in [0.25, 0.3) is 11.4 Å². The maximum Gasteiger partial charge on any atom is 0.396 e. The number of ether oxygens (including phenoxy) is 1. The molecular formula is C60H80ClN10O14PS. The van der Waals surface area contributed by atoms with Crippen LogP contribution in [0.4, 0.5) is 0 Å². The zero-order chi connectivity index (χ0) is 64.2. The molecule has 8 amide bonds. The number of benzene rings is 3. The number of aryl methyl sites for hydroxylation is 2. The van der Waals surface area contributed by atoms with Gasteiger partial charge in [-0.2, -0.15) is 0 Å². The molecule has 0 radical (unpaired) electrons. The van der Waals surface area contributed by atoms with Crippen molar-refractivity contribution in [1.82, 2.24) is 40.6 Å².